The van der Waals surface area contributed by atoms with Crippen LogP contribution < -0.4 is 5.32 Å². The van der Waals surface area contributed by atoms with Crippen LogP contribution in [0.1, 0.15) is 29.5 Å². The van der Waals surface area contributed by atoms with Gasteiger partial charge in [-0.3, -0.25) is 4.90 Å². The predicted octanol–water partition coefficient (Wildman–Crippen LogP) is 2.19. The molecule has 0 radical (unpaired) electrons. The molecule has 0 spiro atoms. The molecule has 1 N–H and O–H groups in total. The topological polar surface area (TPSA) is 39.1 Å². The number of nitriles is 1. The highest BCUT2D eigenvalue weighted by Crippen LogP contribution is 2.15. The molecule has 0 aromatic carbocycles. The number of nitrogens with one attached hydrogen (secondary N) is 1. The Morgan fingerprint density at radius 1 is 1.47 bits per heavy atom. The minimum absolute atomic E-state index is 0.618. The molecule has 1 fully saturated rings. The molecule has 0 bridgehead atoms. The molecule has 1 aliphatic heterocycles. The second-order valence-corrected chi connectivity index (χ2v) is 5.77. The summed E-state index contributed by atoms with van der Waals surface area (Å²) in [6.45, 7) is 6.69. The Morgan fingerprint density at radius 3 is 2.88 bits per heavy atom. The molecule has 1 aromatic rings. The smallest absolute Gasteiger partial charge is 0.110 e. The molecule has 0 amide bonds. The molecule has 2 heterocycles. The van der Waals surface area contributed by atoms with E-state index < -0.39 is 0 Å². The van der Waals surface area contributed by atoms with Gasteiger partial charge < -0.3 is 5.32 Å². The van der Waals surface area contributed by atoms with Crippen molar-refractivity contribution in [3.8, 4) is 6.07 Å². The Bertz CT molecular complexity index is 388. The van der Waals surface area contributed by atoms with Gasteiger partial charge in [0.2, 0.25) is 0 Å². The molecule has 3 nitrogen and oxygen atoms in total. The maximum Gasteiger partial charge on any atom is 0.110 e. The fourth-order valence-electron chi connectivity index (χ4n) is 2.25. The van der Waals surface area contributed by atoms with Gasteiger partial charge in [0.15, 0.2) is 0 Å². The normalized spacial score (nSPS) is 18.1. The molecule has 17 heavy (non-hydrogen) atoms. The first-order valence-corrected chi connectivity index (χ1v) is 7.05. The van der Waals surface area contributed by atoms with Crippen LogP contribution in [0.4, 0.5) is 0 Å². The van der Waals surface area contributed by atoms with E-state index in [1.807, 2.05) is 12.1 Å². The molecule has 2 rings (SSSR count). The fourth-order valence-corrected chi connectivity index (χ4v) is 3.02. The highest BCUT2D eigenvalue weighted by atomic mass is 32.1. The maximum atomic E-state index is 8.74. The fraction of sp³-hybridized carbons (Fsp3) is 0.615. The van der Waals surface area contributed by atoms with Crippen LogP contribution in [0.5, 0.6) is 0 Å². The third-order valence-electron chi connectivity index (χ3n) is 3.27. The van der Waals surface area contributed by atoms with E-state index in [1.165, 1.54) is 30.8 Å². The van der Waals surface area contributed by atoms with Crippen molar-refractivity contribution in [2.24, 2.45) is 0 Å². The molecule has 1 aromatic heterocycles. The van der Waals surface area contributed by atoms with Gasteiger partial charge in [0, 0.05) is 24.0 Å². The van der Waals surface area contributed by atoms with E-state index in [0.29, 0.717) is 6.04 Å². The van der Waals surface area contributed by atoms with Crippen molar-refractivity contribution in [3.63, 3.8) is 0 Å². The molecular formula is C13H19N3S. The number of likely N-dealkylation sites (tertiary alicyclic amines) is 1. The zero-order valence-corrected chi connectivity index (χ0v) is 11.1. The number of hydrogen-bond acceptors (Lipinski definition) is 4. The van der Waals surface area contributed by atoms with Gasteiger partial charge in [0.25, 0.3) is 0 Å². The van der Waals surface area contributed by atoms with Crippen molar-refractivity contribution in [2.75, 3.05) is 19.6 Å². The Hall–Kier alpha value is -0.890. The zero-order chi connectivity index (χ0) is 12.1. The SMILES string of the molecule is CC(CNCc1ccc(C#N)s1)N1CCCC1. The monoisotopic (exact) mass is 249 g/mol. The van der Waals surface area contributed by atoms with Crippen molar-refractivity contribution in [1.29, 1.82) is 5.26 Å². The average molecular weight is 249 g/mol. The largest absolute Gasteiger partial charge is 0.310 e. The van der Waals surface area contributed by atoms with Crippen LogP contribution >= 0.6 is 11.3 Å². The number of hydrogen-bond donors (Lipinski definition) is 1. The third-order valence-corrected chi connectivity index (χ3v) is 4.26. The summed E-state index contributed by atoms with van der Waals surface area (Å²) < 4.78 is 0. The first-order chi connectivity index (χ1) is 8.29. The van der Waals surface area contributed by atoms with Gasteiger partial charge in [0.1, 0.15) is 10.9 Å². The van der Waals surface area contributed by atoms with E-state index >= 15 is 0 Å². The Kier molecular flexibility index (Phi) is 4.55. The summed E-state index contributed by atoms with van der Waals surface area (Å²) in [7, 11) is 0. The lowest BCUT2D eigenvalue weighted by atomic mass is 10.3. The Balaban J connectivity index is 1.70. The molecule has 1 unspecified atom stereocenters. The predicted molar refractivity (Wildman–Crippen MR) is 71.0 cm³/mol. The van der Waals surface area contributed by atoms with Crippen molar-refractivity contribution >= 4 is 11.3 Å². The maximum absolute atomic E-state index is 8.74. The van der Waals surface area contributed by atoms with E-state index in [-0.39, 0.29) is 0 Å². The number of nitrogens with zero attached hydrogens (tertiary/aromatic N) is 2. The molecular weight excluding hydrogens is 230 g/mol. The van der Waals surface area contributed by atoms with Crippen LogP contribution in [0.3, 0.4) is 0 Å². The quantitative estimate of drug-likeness (QED) is 0.869. The van der Waals surface area contributed by atoms with Gasteiger partial charge in [0.05, 0.1) is 0 Å². The van der Waals surface area contributed by atoms with Gasteiger partial charge in [-0.2, -0.15) is 5.26 Å². The molecule has 4 heteroatoms. The van der Waals surface area contributed by atoms with Crippen LogP contribution in [0, 0.1) is 11.3 Å². The number of thiophene rings is 1. The minimum Gasteiger partial charge on any atom is -0.310 e. The van der Waals surface area contributed by atoms with E-state index in [4.69, 9.17) is 5.26 Å². The Labute approximate surface area is 107 Å². The zero-order valence-electron chi connectivity index (χ0n) is 10.3. The van der Waals surface area contributed by atoms with E-state index in [0.717, 1.165) is 18.0 Å². The van der Waals surface area contributed by atoms with Gasteiger partial charge >= 0.3 is 0 Å². The molecule has 92 valence electrons. The van der Waals surface area contributed by atoms with Crippen molar-refractivity contribution < 1.29 is 0 Å². The van der Waals surface area contributed by atoms with Crippen molar-refractivity contribution in [2.45, 2.75) is 32.4 Å². The summed E-state index contributed by atoms with van der Waals surface area (Å²) in [5.41, 5.74) is 0. The molecule has 1 atom stereocenters. The summed E-state index contributed by atoms with van der Waals surface area (Å²) >= 11 is 1.58. The van der Waals surface area contributed by atoms with E-state index in [2.05, 4.69) is 23.2 Å². The second-order valence-electron chi connectivity index (χ2n) is 4.60. The molecule has 1 saturated heterocycles. The van der Waals surface area contributed by atoms with Crippen LogP contribution in [0.25, 0.3) is 0 Å². The lowest BCUT2D eigenvalue weighted by Gasteiger charge is -2.23. The van der Waals surface area contributed by atoms with Gasteiger partial charge in [-0.05, 0) is 45.0 Å². The minimum atomic E-state index is 0.618. The second kappa shape index (κ2) is 6.15. The van der Waals surface area contributed by atoms with Gasteiger partial charge in [-0.25, -0.2) is 0 Å². The Morgan fingerprint density at radius 2 is 2.24 bits per heavy atom. The summed E-state index contributed by atoms with van der Waals surface area (Å²) in [5, 5.41) is 12.2. The average Bonchev–Trinajstić information content (AvgIpc) is 3.00. The van der Waals surface area contributed by atoms with Crippen molar-refractivity contribution in [1.82, 2.24) is 10.2 Å². The summed E-state index contributed by atoms with van der Waals surface area (Å²) in [5.74, 6) is 0. The third kappa shape index (κ3) is 3.53. The van der Waals surface area contributed by atoms with Crippen LogP contribution in [-0.4, -0.2) is 30.6 Å². The lowest BCUT2D eigenvalue weighted by Crippen LogP contribution is -2.38. The van der Waals surface area contributed by atoms with E-state index in [9.17, 15) is 0 Å². The van der Waals surface area contributed by atoms with Crippen LogP contribution in [-0.2, 0) is 6.54 Å². The molecule has 0 saturated carbocycles. The standard InChI is InChI=1S/C13H19N3S/c1-11(16-6-2-3-7-16)9-15-10-13-5-4-12(8-14)17-13/h4-5,11,15H,2-3,6-7,9-10H2,1H3. The summed E-state index contributed by atoms with van der Waals surface area (Å²) in [6, 6.07) is 6.73. The highest BCUT2D eigenvalue weighted by Gasteiger charge is 2.17. The summed E-state index contributed by atoms with van der Waals surface area (Å²) in [6.07, 6.45) is 2.70. The number of rotatable bonds is 5. The lowest BCUT2D eigenvalue weighted by molar-refractivity contribution is 0.252. The highest BCUT2D eigenvalue weighted by molar-refractivity contribution is 7.12. The first-order valence-electron chi connectivity index (χ1n) is 6.23. The van der Waals surface area contributed by atoms with Gasteiger partial charge in [-0.15, -0.1) is 11.3 Å². The van der Waals surface area contributed by atoms with Crippen LogP contribution in [0.15, 0.2) is 12.1 Å². The summed E-state index contributed by atoms with van der Waals surface area (Å²) in [4.78, 5) is 4.59. The molecule has 0 aliphatic carbocycles. The van der Waals surface area contributed by atoms with Gasteiger partial charge in [-0.1, -0.05) is 0 Å². The first kappa shape index (κ1) is 12.6. The van der Waals surface area contributed by atoms with Crippen LogP contribution in [0.2, 0.25) is 0 Å². The van der Waals surface area contributed by atoms with Crippen molar-refractivity contribution in [3.05, 3.63) is 21.9 Å². The van der Waals surface area contributed by atoms with E-state index in [1.54, 1.807) is 11.3 Å². The molecule has 1 aliphatic rings.